The number of ether oxygens (including phenoxy) is 1. The number of Topliss-reactive ketones (excluding diaryl/α,β-unsaturated/α-hetero) is 1. The van der Waals surface area contributed by atoms with Crippen molar-refractivity contribution in [3.05, 3.63) is 24.2 Å². The van der Waals surface area contributed by atoms with E-state index in [-0.39, 0.29) is 12.4 Å². The second-order valence-corrected chi connectivity index (χ2v) is 4.53. The molecule has 0 fully saturated rings. The number of hydrogen-bond donors (Lipinski definition) is 2. The minimum Gasteiger partial charge on any atom is -0.467 e. The number of carbonyl (C=O) groups is 2. The summed E-state index contributed by atoms with van der Waals surface area (Å²) >= 11 is 4.58. The lowest BCUT2D eigenvalue weighted by molar-refractivity contribution is -0.182. The highest BCUT2D eigenvalue weighted by Gasteiger charge is 2.51. The highest BCUT2D eigenvalue weighted by atomic mass is 32.1. The Hall–Kier alpha value is -2.10. The van der Waals surface area contributed by atoms with Crippen LogP contribution in [0.2, 0.25) is 0 Å². The summed E-state index contributed by atoms with van der Waals surface area (Å²) in [6, 6.07) is 1.14. The molecule has 6 nitrogen and oxygen atoms in total. The van der Waals surface area contributed by atoms with E-state index in [2.05, 4.69) is 22.3 Å². The van der Waals surface area contributed by atoms with Crippen molar-refractivity contribution in [2.45, 2.75) is 19.1 Å². The highest BCUT2D eigenvalue weighted by Crippen LogP contribution is 2.31. The predicted molar refractivity (Wildman–Crippen MR) is 72.6 cm³/mol. The SMILES string of the molecule is CCOC(=O)[C@H](C(=O)C(F)(F)F)[C@@H](NC(N)=S)c1ccco1. The minimum absolute atomic E-state index is 0.108. The van der Waals surface area contributed by atoms with Crippen LogP contribution in [0, 0.1) is 5.92 Å². The van der Waals surface area contributed by atoms with Gasteiger partial charge in [0.25, 0.3) is 5.78 Å². The number of thiocarbonyl (C=S) groups is 1. The van der Waals surface area contributed by atoms with Crippen LogP contribution in [0.3, 0.4) is 0 Å². The minimum atomic E-state index is -5.24. The molecule has 0 bridgehead atoms. The maximum atomic E-state index is 12.8. The average Bonchev–Trinajstić information content (AvgIpc) is 2.90. The first-order valence-corrected chi connectivity index (χ1v) is 6.46. The number of alkyl halides is 3. The van der Waals surface area contributed by atoms with Gasteiger partial charge in [-0.2, -0.15) is 13.2 Å². The lowest BCUT2D eigenvalue weighted by Crippen LogP contribution is -2.47. The highest BCUT2D eigenvalue weighted by molar-refractivity contribution is 7.80. The average molecular weight is 338 g/mol. The van der Waals surface area contributed by atoms with E-state index in [1.165, 1.54) is 25.3 Å². The molecule has 0 aliphatic carbocycles. The van der Waals surface area contributed by atoms with E-state index in [0.29, 0.717) is 0 Å². The number of esters is 1. The summed E-state index contributed by atoms with van der Waals surface area (Å²) in [6.07, 6.45) is -4.07. The molecule has 0 unspecified atom stereocenters. The van der Waals surface area contributed by atoms with Gasteiger partial charge in [0.05, 0.1) is 12.9 Å². The zero-order valence-electron chi connectivity index (χ0n) is 11.3. The lowest BCUT2D eigenvalue weighted by Gasteiger charge is -2.24. The normalized spacial score (nSPS) is 14.0. The molecule has 10 heteroatoms. The molecule has 0 spiro atoms. The number of halogens is 3. The Balaban J connectivity index is 3.27. The van der Waals surface area contributed by atoms with E-state index in [1.807, 2.05) is 0 Å². The van der Waals surface area contributed by atoms with Gasteiger partial charge in [-0.1, -0.05) is 0 Å². The fourth-order valence-electron chi connectivity index (χ4n) is 1.74. The molecule has 2 atom stereocenters. The smallest absolute Gasteiger partial charge is 0.451 e. The first kappa shape index (κ1) is 18.0. The van der Waals surface area contributed by atoms with Crippen molar-refractivity contribution < 1.29 is 31.9 Å². The molecule has 1 aromatic rings. The first-order valence-electron chi connectivity index (χ1n) is 6.05. The van der Waals surface area contributed by atoms with Crippen molar-refractivity contribution >= 4 is 29.1 Å². The molecule has 0 amide bonds. The third kappa shape index (κ3) is 4.45. The quantitative estimate of drug-likeness (QED) is 0.461. The van der Waals surface area contributed by atoms with Crippen molar-refractivity contribution in [2.24, 2.45) is 11.7 Å². The lowest BCUT2D eigenvalue weighted by atomic mass is 9.92. The van der Waals surface area contributed by atoms with Crippen LogP contribution < -0.4 is 11.1 Å². The largest absolute Gasteiger partial charge is 0.467 e. The number of nitrogens with two attached hydrogens (primary N) is 1. The van der Waals surface area contributed by atoms with Crippen LogP contribution in [-0.2, 0) is 14.3 Å². The van der Waals surface area contributed by atoms with Crippen molar-refractivity contribution in [1.29, 1.82) is 0 Å². The van der Waals surface area contributed by atoms with E-state index in [0.717, 1.165) is 0 Å². The number of rotatable bonds is 6. The van der Waals surface area contributed by atoms with Crippen LogP contribution >= 0.6 is 12.2 Å². The number of furan rings is 1. The molecule has 22 heavy (non-hydrogen) atoms. The van der Waals surface area contributed by atoms with Crippen molar-refractivity contribution in [3.63, 3.8) is 0 Å². The molecule has 0 aliphatic rings. The Kier molecular flexibility index (Phi) is 5.92. The summed E-state index contributed by atoms with van der Waals surface area (Å²) in [5.41, 5.74) is 5.25. The number of nitrogens with one attached hydrogen (secondary N) is 1. The van der Waals surface area contributed by atoms with E-state index in [4.69, 9.17) is 10.2 Å². The molecule has 1 aromatic heterocycles. The molecule has 0 radical (unpaired) electrons. The van der Waals surface area contributed by atoms with Gasteiger partial charge in [-0.25, -0.2) is 0 Å². The van der Waals surface area contributed by atoms with Gasteiger partial charge < -0.3 is 20.2 Å². The fraction of sp³-hybridized carbons (Fsp3) is 0.417. The number of carbonyl (C=O) groups excluding carboxylic acids is 2. The topological polar surface area (TPSA) is 94.6 Å². The number of hydrogen-bond acceptors (Lipinski definition) is 5. The molecule has 0 saturated carbocycles. The van der Waals surface area contributed by atoms with Gasteiger partial charge in [-0.15, -0.1) is 0 Å². The first-order chi connectivity index (χ1) is 10.2. The summed E-state index contributed by atoms with van der Waals surface area (Å²) in [6.45, 7) is 1.20. The zero-order chi connectivity index (χ0) is 16.9. The van der Waals surface area contributed by atoms with Crippen LogP contribution in [0.4, 0.5) is 13.2 Å². The molecular weight excluding hydrogens is 325 g/mol. The Labute approximate surface area is 128 Å². The van der Waals surface area contributed by atoms with Gasteiger partial charge in [0, 0.05) is 0 Å². The van der Waals surface area contributed by atoms with Gasteiger partial charge in [0.2, 0.25) is 0 Å². The van der Waals surface area contributed by atoms with Crippen LogP contribution in [0.15, 0.2) is 22.8 Å². The third-order valence-corrected chi connectivity index (χ3v) is 2.70. The van der Waals surface area contributed by atoms with Gasteiger partial charge in [0.1, 0.15) is 11.8 Å². The Bertz CT molecular complexity index is 545. The monoisotopic (exact) mass is 338 g/mol. The summed E-state index contributed by atoms with van der Waals surface area (Å²) in [4.78, 5) is 23.4. The van der Waals surface area contributed by atoms with Crippen molar-refractivity contribution in [2.75, 3.05) is 6.61 Å². The van der Waals surface area contributed by atoms with Gasteiger partial charge in [-0.05, 0) is 31.3 Å². The maximum absolute atomic E-state index is 12.8. The van der Waals surface area contributed by atoms with E-state index in [1.54, 1.807) is 0 Å². The van der Waals surface area contributed by atoms with Crippen molar-refractivity contribution in [1.82, 2.24) is 5.32 Å². The fourth-order valence-corrected chi connectivity index (χ4v) is 1.87. The van der Waals surface area contributed by atoms with Crippen LogP contribution in [0.1, 0.15) is 18.7 Å². The molecule has 3 N–H and O–H groups in total. The van der Waals surface area contributed by atoms with Crippen LogP contribution in [-0.4, -0.2) is 29.6 Å². The van der Waals surface area contributed by atoms with E-state index >= 15 is 0 Å². The van der Waals surface area contributed by atoms with E-state index < -0.39 is 35.0 Å². The third-order valence-electron chi connectivity index (χ3n) is 2.58. The van der Waals surface area contributed by atoms with E-state index in [9.17, 15) is 22.8 Å². The standard InChI is InChI=1S/C12H13F3N2O4S/c1-2-20-10(19)7(9(18)12(13,14)15)8(17-11(16)22)6-4-3-5-21-6/h3-5,7-8H,2H2,1H3,(H3,16,17,22)/t7-,8-/m0/s1. The van der Waals surface area contributed by atoms with Crippen molar-refractivity contribution in [3.8, 4) is 0 Å². The van der Waals surface area contributed by atoms with Gasteiger partial charge in [-0.3, -0.25) is 9.59 Å². The molecule has 0 saturated heterocycles. The van der Waals surface area contributed by atoms with Crippen LogP contribution in [0.5, 0.6) is 0 Å². The molecule has 122 valence electrons. The zero-order valence-corrected chi connectivity index (χ0v) is 12.2. The van der Waals surface area contributed by atoms with Gasteiger partial charge in [0.15, 0.2) is 11.0 Å². The molecule has 1 rings (SSSR count). The predicted octanol–water partition coefficient (Wildman–Crippen LogP) is 1.46. The second-order valence-electron chi connectivity index (χ2n) is 4.09. The number of ketones is 1. The molecular formula is C12H13F3N2O4S. The summed E-state index contributed by atoms with van der Waals surface area (Å²) in [5, 5.41) is 1.87. The molecule has 0 aromatic carbocycles. The Morgan fingerprint density at radius 2 is 2.14 bits per heavy atom. The van der Waals surface area contributed by atoms with Gasteiger partial charge >= 0.3 is 12.1 Å². The molecule has 0 aliphatic heterocycles. The van der Waals surface area contributed by atoms with Crippen LogP contribution in [0.25, 0.3) is 0 Å². The summed E-state index contributed by atoms with van der Waals surface area (Å²) in [7, 11) is 0. The maximum Gasteiger partial charge on any atom is 0.451 e. The Morgan fingerprint density at radius 1 is 1.50 bits per heavy atom. The molecule has 1 heterocycles. The second kappa shape index (κ2) is 7.25. The summed E-state index contributed by atoms with van der Waals surface area (Å²) < 4.78 is 47.8. The Morgan fingerprint density at radius 3 is 2.55 bits per heavy atom. The summed E-state index contributed by atoms with van der Waals surface area (Å²) in [5.74, 6) is -5.97.